The van der Waals surface area contributed by atoms with Crippen LogP contribution in [0.15, 0.2) is 54.6 Å². The topological polar surface area (TPSA) is 35.5 Å². The molecule has 1 aliphatic rings. The number of esters is 1. The molecule has 24 heavy (non-hydrogen) atoms. The second kappa shape index (κ2) is 7.52. The molecule has 3 nitrogen and oxygen atoms in total. The molecule has 0 unspecified atom stereocenters. The van der Waals surface area contributed by atoms with E-state index in [-0.39, 0.29) is 17.8 Å². The van der Waals surface area contributed by atoms with Crippen LogP contribution in [0.3, 0.4) is 0 Å². The van der Waals surface area contributed by atoms with E-state index in [0.29, 0.717) is 19.1 Å². The van der Waals surface area contributed by atoms with Crippen molar-refractivity contribution < 1.29 is 14.3 Å². The van der Waals surface area contributed by atoms with Gasteiger partial charge in [-0.1, -0.05) is 56.3 Å². The summed E-state index contributed by atoms with van der Waals surface area (Å²) in [6, 6.07) is 18.0. The van der Waals surface area contributed by atoms with Gasteiger partial charge in [0.2, 0.25) is 0 Å². The maximum Gasteiger partial charge on any atom is 0.309 e. The van der Waals surface area contributed by atoms with Gasteiger partial charge < -0.3 is 9.47 Å². The number of hydrogen-bond donors (Lipinski definition) is 0. The summed E-state index contributed by atoms with van der Waals surface area (Å²) in [5.74, 6) is 1.54. The maximum absolute atomic E-state index is 12.0. The van der Waals surface area contributed by atoms with Gasteiger partial charge in [-0.15, -0.1) is 0 Å². The summed E-state index contributed by atoms with van der Waals surface area (Å²) in [5.41, 5.74) is 2.32. The van der Waals surface area contributed by atoms with Crippen LogP contribution in [0.4, 0.5) is 0 Å². The number of benzene rings is 2. The van der Waals surface area contributed by atoms with Crippen molar-refractivity contribution in [3.8, 4) is 5.75 Å². The molecule has 2 aromatic rings. The largest absolute Gasteiger partial charge is 0.493 e. The first-order valence-electron chi connectivity index (χ1n) is 8.57. The molecule has 0 aliphatic heterocycles. The lowest BCUT2D eigenvalue weighted by atomic mass is 10.0. The number of rotatable bonds is 7. The van der Waals surface area contributed by atoms with Gasteiger partial charge in [-0.2, -0.15) is 0 Å². The Bertz CT molecular complexity index is 661. The summed E-state index contributed by atoms with van der Waals surface area (Å²) in [5, 5.41) is 0. The van der Waals surface area contributed by atoms with Crippen LogP contribution in [0.25, 0.3) is 0 Å². The second-order valence-electron chi connectivity index (χ2n) is 6.73. The van der Waals surface area contributed by atoms with Crippen LogP contribution in [-0.2, 0) is 16.1 Å². The Morgan fingerprint density at radius 3 is 2.46 bits per heavy atom. The van der Waals surface area contributed by atoms with Crippen molar-refractivity contribution in [2.75, 3.05) is 6.61 Å². The minimum Gasteiger partial charge on any atom is -0.493 e. The monoisotopic (exact) mass is 324 g/mol. The highest BCUT2D eigenvalue weighted by molar-refractivity contribution is 5.75. The van der Waals surface area contributed by atoms with E-state index in [1.807, 2.05) is 42.5 Å². The minimum atomic E-state index is -0.109. The standard InChI is InChI=1S/C21H24O3/c1-15(2)17-8-10-19(11-9-17)23-14-18-12-20(18)21(22)24-13-16-6-4-3-5-7-16/h3-11,15,18,20H,12-14H2,1-2H3/t18-,20-/m1/s1. The van der Waals surface area contributed by atoms with Gasteiger partial charge in [0.05, 0.1) is 12.5 Å². The van der Waals surface area contributed by atoms with Crippen LogP contribution >= 0.6 is 0 Å². The third-order valence-corrected chi connectivity index (χ3v) is 4.46. The second-order valence-corrected chi connectivity index (χ2v) is 6.73. The van der Waals surface area contributed by atoms with Crippen LogP contribution in [0, 0.1) is 11.8 Å². The Morgan fingerprint density at radius 1 is 1.08 bits per heavy atom. The lowest BCUT2D eigenvalue weighted by molar-refractivity contribution is -0.147. The summed E-state index contributed by atoms with van der Waals surface area (Å²) in [6.07, 6.45) is 0.859. The molecule has 0 heterocycles. The highest BCUT2D eigenvalue weighted by Gasteiger charge is 2.44. The van der Waals surface area contributed by atoms with Crippen molar-refractivity contribution in [3.63, 3.8) is 0 Å². The fourth-order valence-electron chi connectivity index (χ4n) is 2.71. The van der Waals surface area contributed by atoms with E-state index in [4.69, 9.17) is 9.47 Å². The average Bonchev–Trinajstić information content (AvgIpc) is 3.39. The van der Waals surface area contributed by atoms with Crippen LogP contribution in [0.2, 0.25) is 0 Å². The SMILES string of the molecule is CC(C)c1ccc(OC[C@H]2C[C@H]2C(=O)OCc2ccccc2)cc1. The summed E-state index contributed by atoms with van der Waals surface area (Å²) >= 11 is 0. The molecule has 3 heteroatoms. The van der Waals surface area contributed by atoms with E-state index >= 15 is 0 Å². The van der Waals surface area contributed by atoms with Crippen molar-refractivity contribution in [1.29, 1.82) is 0 Å². The molecule has 0 radical (unpaired) electrons. The maximum atomic E-state index is 12.0. The van der Waals surface area contributed by atoms with Gasteiger partial charge in [-0.3, -0.25) is 4.79 Å². The molecule has 0 aromatic heterocycles. The van der Waals surface area contributed by atoms with Gasteiger partial charge in [-0.05, 0) is 35.6 Å². The fraction of sp³-hybridized carbons (Fsp3) is 0.381. The molecule has 0 amide bonds. The number of hydrogen-bond acceptors (Lipinski definition) is 3. The first-order valence-corrected chi connectivity index (χ1v) is 8.57. The van der Waals surface area contributed by atoms with Crippen molar-refractivity contribution in [2.24, 2.45) is 11.8 Å². The first-order chi connectivity index (χ1) is 11.6. The van der Waals surface area contributed by atoms with Crippen molar-refractivity contribution in [2.45, 2.75) is 32.8 Å². The third-order valence-electron chi connectivity index (χ3n) is 4.46. The lowest BCUT2D eigenvalue weighted by Crippen LogP contribution is -2.11. The summed E-state index contributed by atoms with van der Waals surface area (Å²) < 4.78 is 11.2. The zero-order chi connectivity index (χ0) is 16.9. The van der Waals surface area contributed by atoms with Crippen molar-refractivity contribution >= 4 is 5.97 Å². The molecule has 0 saturated heterocycles. The molecule has 0 spiro atoms. The number of carbonyl (C=O) groups is 1. The summed E-state index contributed by atoms with van der Waals surface area (Å²) in [6.45, 7) is 5.27. The predicted molar refractivity (Wildman–Crippen MR) is 93.9 cm³/mol. The minimum absolute atomic E-state index is 0.0105. The van der Waals surface area contributed by atoms with E-state index in [2.05, 4.69) is 26.0 Å². The normalized spacial score (nSPS) is 19.1. The Balaban J connectivity index is 1.40. The Labute approximate surface area is 143 Å². The number of ether oxygens (including phenoxy) is 2. The van der Waals surface area contributed by atoms with E-state index < -0.39 is 0 Å². The predicted octanol–water partition coefficient (Wildman–Crippen LogP) is 4.57. The highest BCUT2D eigenvalue weighted by atomic mass is 16.5. The van der Waals surface area contributed by atoms with Crippen LogP contribution in [0.1, 0.15) is 37.3 Å². The molecule has 0 N–H and O–H groups in total. The molecule has 3 rings (SSSR count). The Hall–Kier alpha value is -2.29. The molecule has 126 valence electrons. The smallest absolute Gasteiger partial charge is 0.309 e. The molecular weight excluding hydrogens is 300 g/mol. The molecule has 1 aliphatic carbocycles. The average molecular weight is 324 g/mol. The van der Waals surface area contributed by atoms with Gasteiger partial charge in [0.1, 0.15) is 12.4 Å². The van der Waals surface area contributed by atoms with Gasteiger partial charge in [0, 0.05) is 5.92 Å². The summed E-state index contributed by atoms with van der Waals surface area (Å²) in [7, 11) is 0. The van der Waals surface area contributed by atoms with Gasteiger partial charge in [0.15, 0.2) is 0 Å². The van der Waals surface area contributed by atoms with E-state index in [1.165, 1.54) is 5.56 Å². The highest BCUT2D eigenvalue weighted by Crippen LogP contribution is 2.40. The van der Waals surface area contributed by atoms with Crippen LogP contribution < -0.4 is 4.74 Å². The molecule has 2 aromatic carbocycles. The zero-order valence-electron chi connectivity index (χ0n) is 14.3. The third kappa shape index (κ3) is 4.38. The molecule has 2 atom stereocenters. The fourth-order valence-corrected chi connectivity index (χ4v) is 2.71. The van der Waals surface area contributed by atoms with Gasteiger partial charge in [-0.25, -0.2) is 0 Å². The Morgan fingerprint density at radius 2 is 1.79 bits per heavy atom. The molecule has 1 saturated carbocycles. The van der Waals surface area contributed by atoms with E-state index in [0.717, 1.165) is 17.7 Å². The van der Waals surface area contributed by atoms with Gasteiger partial charge >= 0.3 is 5.97 Å². The van der Waals surface area contributed by atoms with Crippen LogP contribution in [0.5, 0.6) is 5.75 Å². The van der Waals surface area contributed by atoms with Crippen molar-refractivity contribution in [3.05, 3.63) is 65.7 Å². The van der Waals surface area contributed by atoms with E-state index in [1.54, 1.807) is 0 Å². The zero-order valence-corrected chi connectivity index (χ0v) is 14.3. The number of carbonyl (C=O) groups excluding carboxylic acids is 1. The van der Waals surface area contributed by atoms with Crippen molar-refractivity contribution in [1.82, 2.24) is 0 Å². The molecule has 0 bridgehead atoms. The Kier molecular flexibility index (Phi) is 5.19. The first kappa shape index (κ1) is 16.6. The van der Waals surface area contributed by atoms with Gasteiger partial charge in [0.25, 0.3) is 0 Å². The molecule has 1 fully saturated rings. The summed E-state index contributed by atoms with van der Waals surface area (Å²) in [4.78, 5) is 12.0. The molecular formula is C21H24O3. The quantitative estimate of drug-likeness (QED) is 0.700. The lowest BCUT2D eigenvalue weighted by Gasteiger charge is -2.09. The van der Waals surface area contributed by atoms with Crippen LogP contribution in [-0.4, -0.2) is 12.6 Å². The van der Waals surface area contributed by atoms with E-state index in [9.17, 15) is 4.79 Å².